The van der Waals surface area contributed by atoms with Gasteiger partial charge in [0.2, 0.25) is 0 Å². The molecule has 0 N–H and O–H groups in total. The van der Waals surface area contributed by atoms with E-state index < -0.39 is 24.6 Å². The van der Waals surface area contributed by atoms with Crippen LogP contribution in [-0.4, -0.2) is 0 Å². The van der Waals surface area contributed by atoms with Gasteiger partial charge in [-0.1, -0.05) is 0 Å². The first kappa shape index (κ1) is 10.5. The SMILES string of the molecule is C1CC[CH]([Hg][CH]2CCCCC2)CC1. The molecule has 2 fully saturated rings. The van der Waals surface area contributed by atoms with Crippen LogP contribution in [-0.2, 0) is 24.6 Å². The second-order valence-corrected chi connectivity index (χ2v) is 16.1. The summed E-state index contributed by atoms with van der Waals surface area (Å²) in [7, 11) is 0. The summed E-state index contributed by atoms with van der Waals surface area (Å²) in [5.41, 5.74) is 0. The molecule has 0 atom stereocenters. The molecule has 1 heteroatoms. The fourth-order valence-corrected chi connectivity index (χ4v) is 15.1. The van der Waals surface area contributed by atoms with E-state index in [4.69, 9.17) is 0 Å². The predicted molar refractivity (Wildman–Crippen MR) is 53.7 cm³/mol. The molecule has 0 aromatic carbocycles. The van der Waals surface area contributed by atoms with Crippen molar-refractivity contribution in [1.29, 1.82) is 0 Å². The number of hydrogen-bond donors (Lipinski definition) is 0. The maximum absolute atomic E-state index is 1.65. The van der Waals surface area contributed by atoms with Crippen LogP contribution >= 0.6 is 0 Å². The van der Waals surface area contributed by atoms with Gasteiger partial charge in [0.15, 0.2) is 0 Å². The average molecular weight is 367 g/mol. The van der Waals surface area contributed by atoms with Gasteiger partial charge in [-0.3, -0.25) is 0 Å². The van der Waals surface area contributed by atoms with Gasteiger partial charge in [0.05, 0.1) is 0 Å². The molecule has 2 aliphatic rings. The molecule has 2 aliphatic carbocycles. The van der Waals surface area contributed by atoms with E-state index in [1.54, 1.807) is 64.2 Å². The Labute approximate surface area is 95.3 Å². The minimum absolute atomic E-state index is 0.438. The molecule has 0 amide bonds. The summed E-state index contributed by atoms with van der Waals surface area (Å²) < 4.78 is 2.69. The van der Waals surface area contributed by atoms with E-state index in [9.17, 15) is 0 Å². The van der Waals surface area contributed by atoms with Gasteiger partial charge in [-0.05, 0) is 0 Å². The summed E-state index contributed by atoms with van der Waals surface area (Å²) in [6.45, 7) is 0. The van der Waals surface area contributed by atoms with E-state index in [1.165, 1.54) is 6.85 Å². The van der Waals surface area contributed by atoms with Crippen LogP contribution in [0.5, 0.6) is 0 Å². The van der Waals surface area contributed by atoms with Crippen LogP contribution in [0.1, 0.15) is 64.2 Å². The van der Waals surface area contributed by atoms with Crippen molar-refractivity contribution in [3.63, 3.8) is 0 Å². The molecule has 2 saturated carbocycles. The molecule has 0 saturated heterocycles. The maximum atomic E-state index is 1.65. The van der Waals surface area contributed by atoms with Gasteiger partial charge in [-0.25, -0.2) is 0 Å². The summed E-state index contributed by atoms with van der Waals surface area (Å²) in [5, 5.41) is 0. The molecule has 13 heavy (non-hydrogen) atoms. The van der Waals surface area contributed by atoms with Crippen LogP contribution < -0.4 is 0 Å². The average Bonchev–Trinajstić information content (AvgIpc) is 2.21. The molecule has 0 aliphatic heterocycles. The Balaban J connectivity index is 1.69. The zero-order chi connectivity index (χ0) is 8.93. The van der Waals surface area contributed by atoms with Crippen LogP contribution in [0.3, 0.4) is 0 Å². The Morgan fingerprint density at radius 3 is 1.31 bits per heavy atom. The van der Waals surface area contributed by atoms with E-state index in [-0.39, 0.29) is 0 Å². The van der Waals surface area contributed by atoms with Gasteiger partial charge in [-0.2, -0.15) is 0 Å². The summed E-state index contributed by atoms with van der Waals surface area (Å²) in [6.07, 6.45) is 16.0. The van der Waals surface area contributed by atoms with E-state index in [2.05, 4.69) is 0 Å². The molecule has 0 heterocycles. The monoisotopic (exact) mass is 368 g/mol. The quantitative estimate of drug-likeness (QED) is 0.628. The Morgan fingerprint density at radius 2 is 0.923 bits per heavy atom. The first-order chi connectivity index (χ1) is 6.45. The molecule has 0 radical (unpaired) electrons. The molecule has 0 bridgehead atoms. The second-order valence-electron chi connectivity index (χ2n) is 5.24. The van der Waals surface area contributed by atoms with Crippen LogP contribution in [0, 0.1) is 0 Å². The van der Waals surface area contributed by atoms with Gasteiger partial charge in [-0.15, -0.1) is 0 Å². The zero-order valence-electron chi connectivity index (χ0n) is 8.93. The molecule has 0 aromatic heterocycles. The van der Waals surface area contributed by atoms with Crippen molar-refractivity contribution in [2.45, 2.75) is 71.1 Å². The fraction of sp³-hybridized carbons (Fsp3) is 1.00. The molecular weight excluding hydrogens is 345 g/mol. The third-order valence-corrected chi connectivity index (χ3v) is 15.6. The number of hydrogen-bond acceptors (Lipinski definition) is 0. The van der Waals surface area contributed by atoms with Crippen molar-refractivity contribution in [1.82, 2.24) is 0 Å². The van der Waals surface area contributed by atoms with Gasteiger partial charge in [0, 0.05) is 0 Å². The van der Waals surface area contributed by atoms with E-state index in [0.717, 1.165) is 0 Å². The molecular formula is C12H22Hg. The molecule has 0 nitrogen and oxygen atoms in total. The molecule has 2 rings (SSSR count). The minimum atomic E-state index is -0.438. The normalized spacial score (nSPS) is 27.1. The predicted octanol–water partition coefficient (Wildman–Crippen LogP) is 4.57. The standard InChI is InChI=1S/2C6H11.Hg/c2*1-2-4-6-5-3-1;/h2*1H,2-6H2;. The van der Waals surface area contributed by atoms with Crippen molar-refractivity contribution in [2.75, 3.05) is 0 Å². The summed E-state index contributed by atoms with van der Waals surface area (Å²) in [6, 6.07) is 0. The van der Waals surface area contributed by atoms with Crippen LogP contribution in [0.15, 0.2) is 0 Å². The van der Waals surface area contributed by atoms with E-state index in [1.807, 2.05) is 0 Å². The Kier molecular flexibility index (Phi) is 4.61. The third-order valence-electron chi connectivity index (χ3n) is 4.12. The van der Waals surface area contributed by atoms with Gasteiger partial charge >= 0.3 is 95.6 Å². The Hall–Kier alpha value is 0.935. The Bertz CT molecular complexity index is 116. The van der Waals surface area contributed by atoms with Crippen molar-refractivity contribution in [2.24, 2.45) is 0 Å². The van der Waals surface area contributed by atoms with Gasteiger partial charge in [0.1, 0.15) is 0 Å². The third kappa shape index (κ3) is 3.53. The molecule has 72 valence electrons. The summed E-state index contributed by atoms with van der Waals surface area (Å²) in [5.74, 6) is 0. The first-order valence-electron chi connectivity index (χ1n) is 6.45. The topological polar surface area (TPSA) is 0 Å². The van der Waals surface area contributed by atoms with Crippen LogP contribution in [0.25, 0.3) is 0 Å². The van der Waals surface area contributed by atoms with Crippen molar-refractivity contribution in [3.8, 4) is 0 Å². The zero-order valence-corrected chi connectivity index (χ0v) is 14.4. The Morgan fingerprint density at radius 1 is 0.538 bits per heavy atom. The van der Waals surface area contributed by atoms with Gasteiger partial charge < -0.3 is 0 Å². The van der Waals surface area contributed by atoms with Gasteiger partial charge in [0.25, 0.3) is 0 Å². The van der Waals surface area contributed by atoms with Crippen LogP contribution in [0.2, 0.25) is 6.85 Å². The summed E-state index contributed by atoms with van der Waals surface area (Å²) in [4.78, 5) is 0. The van der Waals surface area contributed by atoms with Crippen molar-refractivity contribution >= 4 is 0 Å². The van der Waals surface area contributed by atoms with Crippen LogP contribution in [0.4, 0.5) is 0 Å². The number of rotatable bonds is 2. The van der Waals surface area contributed by atoms with E-state index in [0.29, 0.717) is 0 Å². The van der Waals surface area contributed by atoms with Crippen molar-refractivity contribution in [3.05, 3.63) is 0 Å². The fourth-order valence-electron chi connectivity index (χ4n) is 3.32. The van der Waals surface area contributed by atoms with E-state index >= 15 is 0 Å². The molecule has 0 spiro atoms. The molecule has 0 aromatic rings. The second kappa shape index (κ2) is 5.73. The van der Waals surface area contributed by atoms with Crippen molar-refractivity contribution < 1.29 is 24.6 Å². The molecule has 0 unspecified atom stereocenters. The summed E-state index contributed by atoms with van der Waals surface area (Å²) >= 11 is -0.438. The first-order valence-corrected chi connectivity index (χ1v) is 12.8.